The molecule has 0 spiro atoms. The van der Waals surface area contributed by atoms with Crippen molar-refractivity contribution in [3.63, 3.8) is 0 Å². The van der Waals surface area contributed by atoms with Crippen molar-refractivity contribution in [2.75, 3.05) is 24.6 Å². The number of rotatable bonds is 4. The van der Waals surface area contributed by atoms with Crippen LogP contribution in [-0.4, -0.2) is 31.7 Å². The van der Waals surface area contributed by atoms with Crippen LogP contribution in [0.1, 0.15) is 12.5 Å². The number of benzene rings is 1. The van der Waals surface area contributed by atoms with E-state index in [9.17, 15) is 4.79 Å². The van der Waals surface area contributed by atoms with Crippen LogP contribution in [0.4, 0.5) is 5.69 Å². The monoisotopic (exact) mass is 260 g/mol. The number of ether oxygens (including phenoxy) is 1. The molecule has 19 heavy (non-hydrogen) atoms. The fraction of sp³-hybridized carbons (Fsp3) is 0.400. The summed E-state index contributed by atoms with van der Waals surface area (Å²) in [4.78, 5) is 13.4. The predicted molar refractivity (Wildman–Crippen MR) is 76.1 cm³/mol. The number of nitrogens with zero attached hydrogens (tertiary/aromatic N) is 1. The highest BCUT2D eigenvalue weighted by molar-refractivity contribution is 5.82. The molecule has 4 heteroatoms. The van der Waals surface area contributed by atoms with Gasteiger partial charge in [-0.2, -0.15) is 0 Å². The highest BCUT2D eigenvalue weighted by Crippen LogP contribution is 2.25. The third kappa shape index (κ3) is 3.58. The Morgan fingerprint density at radius 2 is 2.32 bits per heavy atom. The van der Waals surface area contributed by atoms with Crippen LogP contribution in [-0.2, 0) is 16.0 Å². The Balaban J connectivity index is 2.03. The summed E-state index contributed by atoms with van der Waals surface area (Å²) in [7, 11) is 0. The van der Waals surface area contributed by atoms with Crippen molar-refractivity contribution in [3.05, 3.63) is 42.0 Å². The number of hydrogen-bond donors (Lipinski definition) is 1. The quantitative estimate of drug-likeness (QED) is 0.658. The van der Waals surface area contributed by atoms with E-state index in [1.165, 1.54) is 17.3 Å². The maximum atomic E-state index is 11.2. The van der Waals surface area contributed by atoms with Gasteiger partial charge in [-0.3, -0.25) is 0 Å². The van der Waals surface area contributed by atoms with Crippen molar-refractivity contribution in [1.29, 1.82) is 0 Å². The molecule has 0 saturated carbocycles. The third-order valence-corrected chi connectivity index (χ3v) is 3.14. The lowest BCUT2D eigenvalue weighted by Crippen LogP contribution is -2.43. The number of carbonyl (C=O) groups is 1. The summed E-state index contributed by atoms with van der Waals surface area (Å²) < 4.78 is 4.85. The Kier molecular flexibility index (Phi) is 4.58. The van der Waals surface area contributed by atoms with E-state index in [1.54, 1.807) is 6.92 Å². The van der Waals surface area contributed by atoms with Crippen LogP contribution >= 0.6 is 0 Å². The first-order valence-electron chi connectivity index (χ1n) is 6.62. The first-order valence-corrected chi connectivity index (χ1v) is 6.62. The van der Waals surface area contributed by atoms with E-state index in [-0.39, 0.29) is 12.0 Å². The van der Waals surface area contributed by atoms with E-state index in [4.69, 9.17) is 10.5 Å². The van der Waals surface area contributed by atoms with Gasteiger partial charge in [-0.15, -0.1) is 0 Å². The van der Waals surface area contributed by atoms with Gasteiger partial charge in [0.05, 0.1) is 6.61 Å². The molecule has 1 aromatic carbocycles. The van der Waals surface area contributed by atoms with Gasteiger partial charge in [-0.05, 0) is 25.0 Å². The van der Waals surface area contributed by atoms with Gasteiger partial charge in [-0.25, -0.2) is 4.79 Å². The lowest BCUT2D eigenvalue weighted by atomic mass is 9.98. The third-order valence-electron chi connectivity index (χ3n) is 3.14. The molecule has 1 aromatic rings. The standard InChI is InChI=1S/C15H20N2O2/c1-2-19-15(18)8-5-9-17-11-13(16)10-12-6-3-4-7-14(12)17/h3-8,13H,2,9-11,16H2,1H3/b8-5+. The highest BCUT2D eigenvalue weighted by Gasteiger charge is 2.20. The summed E-state index contributed by atoms with van der Waals surface area (Å²) in [6, 6.07) is 8.41. The lowest BCUT2D eigenvalue weighted by molar-refractivity contribution is -0.137. The Hall–Kier alpha value is -1.81. The SMILES string of the molecule is CCOC(=O)/C=C/CN1CC(N)Cc2ccccc21. The molecule has 0 bridgehead atoms. The number of para-hydroxylation sites is 1. The van der Waals surface area contributed by atoms with Gasteiger partial charge >= 0.3 is 5.97 Å². The van der Waals surface area contributed by atoms with Gasteiger partial charge in [-0.1, -0.05) is 24.3 Å². The minimum atomic E-state index is -0.294. The summed E-state index contributed by atoms with van der Waals surface area (Å²) in [6.45, 7) is 3.68. The Bertz CT molecular complexity index is 471. The molecular formula is C15H20N2O2. The van der Waals surface area contributed by atoms with Crippen LogP contribution in [0, 0.1) is 0 Å². The largest absolute Gasteiger partial charge is 0.463 e. The second-order valence-electron chi connectivity index (χ2n) is 4.65. The molecule has 0 fully saturated rings. The van der Waals surface area contributed by atoms with E-state index in [1.807, 2.05) is 18.2 Å². The number of hydrogen-bond acceptors (Lipinski definition) is 4. The molecule has 1 unspecified atom stereocenters. The van der Waals surface area contributed by atoms with Gasteiger partial charge in [0, 0.05) is 30.9 Å². The Morgan fingerprint density at radius 1 is 1.53 bits per heavy atom. The summed E-state index contributed by atoms with van der Waals surface area (Å²) in [5, 5.41) is 0. The minimum Gasteiger partial charge on any atom is -0.463 e. The average molecular weight is 260 g/mol. The van der Waals surface area contributed by atoms with E-state index in [0.29, 0.717) is 13.2 Å². The molecule has 1 aliphatic heterocycles. The van der Waals surface area contributed by atoms with Gasteiger partial charge < -0.3 is 15.4 Å². The molecule has 0 aromatic heterocycles. The zero-order valence-corrected chi connectivity index (χ0v) is 11.2. The number of carbonyl (C=O) groups excluding carboxylic acids is 1. The maximum Gasteiger partial charge on any atom is 0.330 e. The van der Waals surface area contributed by atoms with E-state index >= 15 is 0 Å². The fourth-order valence-corrected chi connectivity index (χ4v) is 2.36. The van der Waals surface area contributed by atoms with Crippen molar-refractivity contribution in [2.45, 2.75) is 19.4 Å². The molecule has 2 N–H and O–H groups in total. The Labute approximate surface area is 113 Å². The number of fused-ring (bicyclic) bond motifs is 1. The number of anilines is 1. The van der Waals surface area contributed by atoms with Gasteiger partial charge in [0.15, 0.2) is 0 Å². The molecule has 4 nitrogen and oxygen atoms in total. The van der Waals surface area contributed by atoms with Crippen LogP contribution in [0.5, 0.6) is 0 Å². The van der Waals surface area contributed by atoms with Gasteiger partial charge in [0.25, 0.3) is 0 Å². The molecule has 2 rings (SSSR count). The van der Waals surface area contributed by atoms with Crippen molar-refractivity contribution in [1.82, 2.24) is 0 Å². The van der Waals surface area contributed by atoms with Gasteiger partial charge in [0.2, 0.25) is 0 Å². The molecule has 1 aliphatic rings. The van der Waals surface area contributed by atoms with Gasteiger partial charge in [0.1, 0.15) is 0 Å². The number of nitrogens with two attached hydrogens (primary N) is 1. The van der Waals surface area contributed by atoms with Crippen LogP contribution in [0.3, 0.4) is 0 Å². The fourth-order valence-electron chi connectivity index (χ4n) is 2.36. The summed E-state index contributed by atoms with van der Waals surface area (Å²) in [5.41, 5.74) is 8.54. The predicted octanol–water partition coefficient (Wildman–Crippen LogP) is 1.50. The second kappa shape index (κ2) is 6.38. The molecule has 0 radical (unpaired) electrons. The Morgan fingerprint density at radius 3 is 3.11 bits per heavy atom. The van der Waals surface area contributed by atoms with Crippen LogP contribution in [0.15, 0.2) is 36.4 Å². The number of esters is 1. The molecule has 0 amide bonds. The normalized spacial score (nSPS) is 18.4. The second-order valence-corrected chi connectivity index (χ2v) is 4.65. The van der Waals surface area contributed by atoms with Crippen molar-refractivity contribution in [2.24, 2.45) is 5.73 Å². The highest BCUT2D eigenvalue weighted by atomic mass is 16.5. The smallest absolute Gasteiger partial charge is 0.330 e. The first kappa shape index (κ1) is 13.6. The van der Waals surface area contributed by atoms with Crippen LogP contribution in [0.25, 0.3) is 0 Å². The van der Waals surface area contributed by atoms with E-state index in [2.05, 4.69) is 17.0 Å². The summed E-state index contributed by atoms with van der Waals surface area (Å²) >= 11 is 0. The summed E-state index contributed by atoms with van der Waals surface area (Å²) in [6.07, 6.45) is 4.22. The van der Waals surface area contributed by atoms with Crippen LogP contribution in [0.2, 0.25) is 0 Å². The lowest BCUT2D eigenvalue weighted by Gasteiger charge is -2.33. The molecule has 0 saturated heterocycles. The van der Waals surface area contributed by atoms with Crippen LogP contribution < -0.4 is 10.6 Å². The van der Waals surface area contributed by atoms with Crippen molar-refractivity contribution in [3.8, 4) is 0 Å². The first-order chi connectivity index (χ1) is 9.20. The molecule has 0 aliphatic carbocycles. The minimum absolute atomic E-state index is 0.144. The van der Waals surface area contributed by atoms with Crippen molar-refractivity contribution < 1.29 is 9.53 Å². The zero-order valence-electron chi connectivity index (χ0n) is 11.2. The molecule has 1 atom stereocenters. The topological polar surface area (TPSA) is 55.6 Å². The zero-order chi connectivity index (χ0) is 13.7. The van der Waals surface area contributed by atoms with Crippen molar-refractivity contribution >= 4 is 11.7 Å². The summed E-state index contributed by atoms with van der Waals surface area (Å²) in [5.74, 6) is -0.294. The molecule has 102 valence electrons. The average Bonchev–Trinajstić information content (AvgIpc) is 2.38. The maximum absolute atomic E-state index is 11.2. The van der Waals surface area contributed by atoms with E-state index < -0.39 is 0 Å². The molecule has 1 heterocycles. The van der Waals surface area contributed by atoms with E-state index in [0.717, 1.165) is 13.0 Å². The molecular weight excluding hydrogens is 240 g/mol.